The molecule has 4 saturated carbocycles. The number of hydrogen-bond acceptors (Lipinski definition) is 1. The van der Waals surface area contributed by atoms with Crippen LogP contribution in [0.3, 0.4) is 0 Å². The second-order valence-corrected chi connectivity index (χ2v) is 17.7. The van der Waals surface area contributed by atoms with Crippen molar-refractivity contribution in [1.29, 1.82) is 0 Å². The second-order valence-electron chi connectivity index (χ2n) is 17.7. The zero-order valence-corrected chi connectivity index (χ0v) is 33.0. The summed E-state index contributed by atoms with van der Waals surface area (Å²) in [6, 6.07) is 72.7. The molecule has 2 nitrogen and oxygen atoms in total. The van der Waals surface area contributed by atoms with E-state index in [1.165, 1.54) is 104 Å². The number of hydrogen-bond donors (Lipinski definition) is 0. The van der Waals surface area contributed by atoms with E-state index >= 15 is 0 Å². The third-order valence-corrected chi connectivity index (χ3v) is 15.0. The third kappa shape index (κ3) is 4.69. The standard InChI is InChI=1S/C57H44N2/c1-3-13-38(14-4-1)40-25-29-44(30-26-40)58(45-31-27-41(28-32-45)39-15-5-2-6-16-39)53-23-11-19-48-49-20-12-24-54(59-51-21-9-7-17-46(51)47-18-8-10-22-52(47)59)56(49)57(55(48)53)43-34-37-33-42(36-43)50(57)35-37/h1-32,37,42-43,50H,33-36H2. The maximum atomic E-state index is 2.62. The SMILES string of the molecule is c1ccc(-c2ccc(N(c3ccc(-c4ccccc4)cc3)c3cccc4c3C3(c5c-4cccc5-n4c5ccccc5c5ccccc54)C4CC5CC(C4)C3C5)cc2)cc1. The first-order chi connectivity index (χ1) is 29.3. The molecule has 9 aromatic rings. The zero-order chi connectivity index (χ0) is 38.7. The summed E-state index contributed by atoms with van der Waals surface area (Å²) in [6.45, 7) is 0. The molecule has 0 saturated heterocycles. The molecule has 5 unspecified atom stereocenters. The molecular weight excluding hydrogens is 713 g/mol. The first-order valence-electron chi connectivity index (χ1n) is 21.6. The lowest BCUT2D eigenvalue weighted by atomic mass is 9.58. The van der Waals surface area contributed by atoms with Crippen LogP contribution < -0.4 is 4.90 Å². The molecule has 1 heterocycles. The molecule has 14 rings (SSSR count). The van der Waals surface area contributed by atoms with Gasteiger partial charge in [-0.2, -0.15) is 0 Å². The Morgan fingerprint density at radius 3 is 1.54 bits per heavy atom. The Morgan fingerprint density at radius 1 is 0.424 bits per heavy atom. The smallest absolute Gasteiger partial charge is 0.0541 e. The highest BCUT2D eigenvalue weighted by molar-refractivity contribution is 6.09. The number of nitrogens with zero attached hydrogens (tertiary/aromatic N) is 2. The van der Waals surface area contributed by atoms with Gasteiger partial charge >= 0.3 is 0 Å². The van der Waals surface area contributed by atoms with E-state index in [0.29, 0.717) is 11.8 Å². The van der Waals surface area contributed by atoms with Gasteiger partial charge in [-0.1, -0.05) is 146 Å². The lowest BCUT2D eigenvalue weighted by Gasteiger charge is -2.46. The van der Waals surface area contributed by atoms with Crippen molar-refractivity contribution >= 4 is 38.9 Å². The highest BCUT2D eigenvalue weighted by atomic mass is 15.1. The molecule has 5 aliphatic carbocycles. The maximum Gasteiger partial charge on any atom is 0.0541 e. The van der Waals surface area contributed by atoms with Gasteiger partial charge in [0.25, 0.3) is 0 Å². The highest BCUT2D eigenvalue weighted by Gasteiger charge is 2.67. The second kappa shape index (κ2) is 12.7. The van der Waals surface area contributed by atoms with Gasteiger partial charge in [0, 0.05) is 27.6 Å². The molecule has 0 aliphatic heterocycles. The van der Waals surface area contributed by atoms with Crippen LogP contribution in [0.5, 0.6) is 0 Å². The normalized spacial score (nSPS) is 22.0. The van der Waals surface area contributed by atoms with Crippen LogP contribution in [-0.4, -0.2) is 4.57 Å². The average Bonchev–Trinajstić information content (AvgIpc) is 3.97. The van der Waals surface area contributed by atoms with E-state index in [9.17, 15) is 0 Å². The fraction of sp³-hybridized carbons (Fsp3) is 0.158. The Bertz CT molecular complexity index is 2930. The van der Waals surface area contributed by atoms with Gasteiger partial charge in [0.2, 0.25) is 0 Å². The molecular formula is C57H44N2. The van der Waals surface area contributed by atoms with Crippen molar-refractivity contribution in [3.8, 4) is 39.1 Å². The number of anilines is 3. The van der Waals surface area contributed by atoms with Gasteiger partial charge in [-0.05, 0) is 142 Å². The summed E-state index contributed by atoms with van der Waals surface area (Å²) in [5.74, 6) is 2.83. The summed E-state index contributed by atoms with van der Waals surface area (Å²) < 4.78 is 2.62. The van der Waals surface area contributed by atoms with E-state index in [1.807, 2.05) is 0 Å². The van der Waals surface area contributed by atoms with Crippen molar-refractivity contribution in [2.24, 2.45) is 23.7 Å². The molecule has 5 aliphatic rings. The summed E-state index contributed by atoms with van der Waals surface area (Å²) in [5.41, 5.74) is 18.5. The maximum absolute atomic E-state index is 2.62. The molecule has 59 heavy (non-hydrogen) atoms. The van der Waals surface area contributed by atoms with Gasteiger partial charge in [0.15, 0.2) is 0 Å². The molecule has 1 spiro atoms. The Hall–Kier alpha value is -6.64. The summed E-state index contributed by atoms with van der Waals surface area (Å²) in [7, 11) is 0. The van der Waals surface area contributed by atoms with Gasteiger partial charge in [0.05, 0.1) is 22.4 Å². The van der Waals surface area contributed by atoms with Crippen LogP contribution >= 0.6 is 0 Å². The van der Waals surface area contributed by atoms with Crippen LogP contribution in [0.25, 0.3) is 60.9 Å². The molecule has 0 amide bonds. The van der Waals surface area contributed by atoms with E-state index in [-0.39, 0.29) is 5.41 Å². The van der Waals surface area contributed by atoms with Crippen LogP contribution in [0, 0.1) is 23.7 Å². The lowest BCUT2D eigenvalue weighted by Crippen LogP contribution is -2.42. The molecule has 0 N–H and O–H groups in total. The molecule has 8 aromatic carbocycles. The predicted octanol–water partition coefficient (Wildman–Crippen LogP) is 14.9. The Kier molecular flexibility index (Phi) is 7.17. The van der Waals surface area contributed by atoms with Crippen LogP contribution in [-0.2, 0) is 5.41 Å². The number of fused-ring (bicyclic) bond motifs is 6. The van der Waals surface area contributed by atoms with Gasteiger partial charge < -0.3 is 9.47 Å². The van der Waals surface area contributed by atoms with Crippen molar-refractivity contribution < 1.29 is 0 Å². The molecule has 5 atom stereocenters. The first-order valence-corrected chi connectivity index (χ1v) is 21.6. The molecule has 1 aromatic heterocycles. The summed E-state index contributed by atoms with van der Waals surface area (Å²) in [5, 5.41) is 2.65. The Morgan fingerprint density at radius 2 is 0.949 bits per heavy atom. The van der Waals surface area contributed by atoms with Crippen LogP contribution in [0.1, 0.15) is 36.8 Å². The largest absolute Gasteiger partial charge is 0.310 e. The number of rotatable bonds is 6. The first kappa shape index (κ1) is 33.3. The van der Waals surface area contributed by atoms with Gasteiger partial charge in [-0.3, -0.25) is 0 Å². The number of aromatic nitrogens is 1. The predicted molar refractivity (Wildman–Crippen MR) is 245 cm³/mol. The van der Waals surface area contributed by atoms with E-state index < -0.39 is 0 Å². The minimum Gasteiger partial charge on any atom is -0.310 e. The Balaban J connectivity index is 1.07. The van der Waals surface area contributed by atoms with E-state index in [1.54, 1.807) is 11.1 Å². The van der Waals surface area contributed by atoms with Crippen LogP contribution in [0.4, 0.5) is 17.1 Å². The van der Waals surface area contributed by atoms with Crippen molar-refractivity contribution in [2.75, 3.05) is 4.90 Å². The molecule has 4 bridgehead atoms. The minimum atomic E-state index is -0.0891. The summed E-state index contributed by atoms with van der Waals surface area (Å²) in [4.78, 5) is 2.59. The van der Waals surface area contributed by atoms with Gasteiger partial charge in [-0.25, -0.2) is 0 Å². The van der Waals surface area contributed by atoms with Gasteiger partial charge in [-0.15, -0.1) is 0 Å². The number of benzene rings is 8. The van der Waals surface area contributed by atoms with Crippen molar-refractivity contribution in [1.82, 2.24) is 4.57 Å². The lowest BCUT2D eigenvalue weighted by molar-refractivity contribution is 0.191. The summed E-state index contributed by atoms with van der Waals surface area (Å²) in [6.07, 6.45) is 5.36. The monoisotopic (exact) mass is 756 g/mol. The quantitative estimate of drug-likeness (QED) is 0.164. The Labute approximate surface area is 346 Å². The van der Waals surface area contributed by atoms with Crippen LogP contribution in [0.2, 0.25) is 0 Å². The van der Waals surface area contributed by atoms with E-state index in [0.717, 1.165) is 11.8 Å². The third-order valence-electron chi connectivity index (χ3n) is 15.0. The minimum absolute atomic E-state index is 0.0891. The molecule has 282 valence electrons. The fourth-order valence-corrected chi connectivity index (χ4v) is 12.9. The fourth-order valence-electron chi connectivity index (χ4n) is 12.9. The average molecular weight is 757 g/mol. The number of para-hydroxylation sites is 2. The topological polar surface area (TPSA) is 8.17 Å². The summed E-state index contributed by atoms with van der Waals surface area (Å²) >= 11 is 0. The van der Waals surface area contributed by atoms with Gasteiger partial charge in [0.1, 0.15) is 0 Å². The zero-order valence-electron chi connectivity index (χ0n) is 33.0. The van der Waals surface area contributed by atoms with Crippen molar-refractivity contribution in [3.63, 3.8) is 0 Å². The van der Waals surface area contributed by atoms with Crippen molar-refractivity contribution in [2.45, 2.75) is 31.1 Å². The van der Waals surface area contributed by atoms with E-state index in [2.05, 4.69) is 204 Å². The molecule has 2 heteroatoms. The molecule has 4 fully saturated rings. The highest BCUT2D eigenvalue weighted by Crippen LogP contribution is 2.75. The van der Waals surface area contributed by atoms with Crippen LogP contribution in [0.15, 0.2) is 194 Å². The van der Waals surface area contributed by atoms with E-state index in [4.69, 9.17) is 0 Å². The van der Waals surface area contributed by atoms with Crippen molar-refractivity contribution in [3.05, 3.63) is 205 Å². The molecule has 0 radical (unpaired) electrons.